The Morgan fingerprint density at radius 2 is 1.73 bits per heavy atom. The molecule has 0 atom stereocenters. The second-order valence-corrected chi connectivity index (χ2v) is 9.26. The van der Waals surface area contributed by atoms with Crippen molar-refractivity contribution in [2.75, 3.05) is 18.5 Å². The number of rotatable bonds is 10. The van der Waals surface area contributed by atoms with Crippen LogP contribution in [0.4, 0.5) is 10.1 Å². The van der Waals surface area contributed by atoms with Crippen LogP contribution in [0.15, 0.2) is 60.8 Å². The summed E-state index contributed by atoms with van der Waals surface area (Å²) >= 11 is 0. The highest BCUT2D eigenvalue weighted by atomic mass is 31.2. The molecule has 0 spiro atoms. The van der Waals surface area contributed by atoms with Crippen molar-refractivity contribution in [3.8, 4) is 11.3 Å². The molecule has 1 aromatic heterocycles. The molecule has 1 amide bonds. The third-order valence-electron chi connectivity index (χ3n) is 4.75. The largest absolute Gasteiger partial charge is 0.335 e. The number of anilines is 1. The average molecular weight is 471 g/mol. The molecule has 9 heteroatoms. The topological polar surface area (TPSA) is 82.5 Å². The molecule has 174 valence electrons. The molecule has 0 aliphatic rings. The van der Waals surface area contributed by atoms with Gasteiger partial charge in [0.1, 0.15) is 5.82 Å². The molecule has 0 aliphatic heterocycles. The first-order valence-corrected chi connectivity index (χ1v) is 12.3. The molecule has 0 radical (unpaired) electrons. The van der Waals surface area contributed by atoms with E-state index >= 15 is 0 Å². The molecule has 0 saturated carbocycles. The number of hydrogen-bond donors (Lipinski definition) is 1. The first-order valence-electron chi connectivity index (χ1n) is 10.6. The molecule has 3 aromatic rings. The zero-order chi connectivity index (χ0) is 23.8. The summed E-state index contributed by atoms with van der Waals surface area (Å²) in [5.41, 5.74) is 3.69. The van der Waals surface area contributed by atoms with Crippen LogP contribution in [0.3, 0.4) is 0 Å². The molecule has 0 saturated heterocycles. The van der Waals surface area contributed by atoms with Crippen molar-refractivity contribution in [2.45, 2.75) is 20.0 Å². The highest BCUT2D eigenvalue weighted by Crippen LogP contribution is 2.51. The molecular weight excluding hydrogens is 444 g/mol. The summed E-state index contributed by atoms with van der Waals surface area (Å²) < 4.78 is 38.2. The predicted octanol–water partition coefficient (Wildman–Crippen LogP) is 5.64. The number of hydrogen-bond acceptors (Lipinski definition) is 5. The van der Waals surface area contributed by atoms with Gasteiger partial charge in [0.15, 0.2) is 0 Å². The van der Waals surface area contributed by atoms with Gasteiger partial charge in [-0.2, -0.15) is 5.10 Å². The molecule has 7 nitrogen and oxygen atoms in total. The molecule has 1 N–H and O–H groups in total. The summed E-state index contributed by atoms with van der Waals surface area (Å²) in [6.07, 6.45) is 4.88. The van der Waals surface area contributed by atoms with Crippen LogP contribution in [0.25, 0.3) is 17.3 Å². The Hall–Kier alpha value is -3.06. The van der Waals surface area contributed by atoms with E-state index < -0.39 is 7.60 Å². The highest BCUT2D eigenvalue weighted by molar-refractivity contribution is 7.53. The number of aromatic nitrogens is 2. The minimum atomic E-state index is -3.19. The zero-order valence-corrected chi connectivity index (χ0v) is 19.7. The first kappa shape index (κ1) is 24.6. The quantitative estimate of drug-likeness (QED) is 0.306. The maximum absolute atomic E-state index is 13.2. The van der Waals surface area contributed by atoms with Gasteiger partial charge in [0, 0.05) is 29.9 Å². The Morgan fingerprint density at radius 3 is 2.33 bits per heavy atom. The number of halogens is 1. The van der Waals surface area contributed by atoms with Crippen LogP contribution >= 0.6 is 7.60 Å². The van der Waals surface area contributed by atoms with Gasteiger partial charge in [0.2, 0.25) is 5.91 Å². The van der Waals surface area contributed by atoms with E-state index in [1.165, 1.54) is 18.2 Å². The molecule has 0 aliphatic carbocycles. The smallest absolute Gasteiger partial charge is 0.323 e. The number of carbonyl (C=O) groups excluding carboxylic acids is 1. The Balaban J connectivity index is 1.66. The van der Waals surface area contributed by atoms with Crippen molar-refractivity contribution < 1.29 is 22.8 Å². The summed E-state index contributed by atoms with van der Waals surface area (Å²) in [7, 11) is -1.40. The molecule has 0 bridgehead atoms. The maximum atomic E-state index is 13.2. The summed E-state index contributed by atoms with van der Waals surface area (Å²) in [6.45, 7) is 4.15. The van der Waals surface area contributed by atoms with Crippen molar-refractivity contribution in [3.63, 3.8) is 0 Å². The van der Waals surface area contributed by atoms with E-state index in [1.54, 1.807) is 74.2 Å². The van der Waals surface area contributed by atoms with Crippen molar-refractivity contribution in [3.05, 3.63) is 77.7 Å². The van der Waals surface area contributed by atoms with E-state index in [9.17, 15) is 13.8 Å². The number of carbonyl (C=O) groups is 1. The number of nitrogens with zero attached hydrogens (tertiary/aromatic N) is 2. The summed E-state index contributed by atoms with van der Waals surface area (Å²) in [5.74, 6) is -0.632. The maximum Gasteiger partial charge on any atom is 0.335 e. The Bertz CT molecular complexity index is 1150. The molecule has 33 heavy (non-hydrogen) atoms. The average Bonchev–Trinajstić information content (AvgIpc) is 3.15. The van der Waals surface area contributed by atoms with Crippen LogP contribution in [0.1, 0.15) is 25.0 Å². The van der Waals surface area contributed by atoms with Crippen LogP contribution in [0.2, 0.25) is 0 Å². The third kappa shape index (κ3) is 6.71. The minimum Gasteiger partial charge on any atom is -0.323 e. The van der Waals surface area contributed by atoms with E-state index in [4.69, 9.17) is 9.05 Å². The SMILES string of the molecule is CCOP(=O)(Cc1ccc(NC(=O)C=Cc2cnn(C)c2-c2ccc(F)cc2)cc1)OCC. The Kier molecular flexibility index (Phi) is 8.33. The van der Waals surface area contributed by atoms with Gasteiger partial charge >= 0.3 is 7.60 Å². The molecule has 0 unspecified atom stereocenters. The first-order chi connectivity index (χ1) is 15.8. The Labute approximate surface area is 192 Å². The summed E-state index contributed by atoms with van der Waals surface area (Å²) in [4.78, 5) is 12.4. The molecule has 2 aromatic carbocycles. The minimum absolute atomic E-state index is 0.163. The summed E-state index contributed by atoms with van der Waals surface area (Å²) in [6, 6.07) is 13.1. The lowest BCUT2D eigenvalue weighted by Gasteiger charge is -2.17. The lowest BCUT2D eigenvalue weighted by atomic mass is 10.1. The van der Waals surface area contributed by atoms with Crippen LogP contribution in [-0.2, 0) is 31.6 Å². The van der Waals surface area contributed by atoms with Crippen LogP contribution in [-0.4, -0.2) is 28.9 Å². The number of benzene rings is 2. The fourth-order valence-corrected chi connectivity index (χ4v) is 5.03. The summed E-state index contributed by atoms with van der Waals surface area (Å²) in [5, 5.41) is 7.03. The Morgan fingerprint density at radius 1 is 1.09 bits per heavy atom. The predicted molar refractivity (Wildman–Crippen MR) is 127 cm³/mol. The normalized spacial score (nSPS) is 11.8. The lowest BCUT2D eigenvalue weighted by molar-refractivity contribution is -0.111. The van der Waals surface area contributed by atoms with Gasteiger partial charge in [0.05, 0.1) is 31.3 Å². The highest BCUT2D eigenvalue weighted by Gasteiger charge is 2.23. The van der Waals surface area contributed by atoms with Crippen molar-refractivity contribution in [1.82, 2.24) is 9.78 Å². The second kappa shape index (κ2) is 11.2. The van der Waals surface area contributed by atoms with Crippen molar-refractivity contribution in [2.24, 2.45) is 7.05 Å². The van der Waals surface area contributed by atoms with E-state index in [-0.39, 0.29) is 17.9 Å². The van der Waals surface area contributed by atoms with E-state index in [2.05, 4.69) is 10.4 Å². The van der Waals surface area contributed by atoms with Gasteiger partial charge in [-0.1, -0.05) is 12.1 Å². The van der Waals surface area contributed by atoms with Crippen molar-refractivity contribution >= 4 is 25.3 Å². The lowest BCUT2D eigenvalue weighted by Crippen LogP contribution is -2.07. The zero-order valence-electron chi connectivity index (χ0n) is 18.8. The van der Waals surface area contributed by atoms with Crippen molar-refractivity contribution in [1.29, 1.82) is 0 Å². The number of aryl methyl sites for hydroxylation is 1. The van der Waals surface area contributed by atoms with Gasteiger partial charge in [-0.15, -0.1) is 0 Å². The standard InChI is InChI=1S/C24H27FN3O4P/c1-4-31-33(30,32-5-2)17-18-6-13-22(14-7-18)27-23(29)15-10-20-16-26-28(3)24(20)19-8-11-21(25)12-9-19/h6-16H,4-5,17H2,1-3H3,(H,27,29). The molecule has 3 rings (SSSR count). The fraction of sp³-hybridized carbons (Fsp3) is 0.250. The second-order valence-electron chi connectivity index (χ2n) is 7.20. The number of nitrogens with one attached hydrogen (secondary N) is 1. The van der Waals surface area contributed by atoms with Gasteiger partial charge < -0.3 is 14.4 Å². The third-order valence-corrected chi connectivity index (χ3v) is 6.80. The number of amides is 1. The molecule has 1 heterocycles. The van der Waals surface area contributed by atoms with Crippen LogP contribution in [0.5, 0.6) is 0 Å². The van der Waals surface area contributed by atoms with E-state index in [1.807, 2.05) is 0 Å². The van der Waals surface area contributed by atoms with Gasteiger partial charge in [-0.25, -0.2) is 4.39 Å². The monoisotopic (exact) mass is 471 g/mol. The van der Waals surface area contributed by atoms with Crippen LogP contribution in [0, 0.1) is 5.82 Å². The van der Waals surface area contributed by atoms with Gasteiger partial charge in [-0.3, -0.25) is 14.0 Å². The van der Waals surface area contributed by atoms with E-state index in [0.717, 1.165) is 22.4 Å². The van der Waals surface area contributed by atoms with Gasteiger partial charge in [0.25, 0.3) is 0 Å². The van der Waals surface area contributed by atoms with Gasteiger partial charge in [-0.05, 0) is 61.9 Å². The molecular formula is C24H27FN3O4P. The fourth-order valence-electron chi connectivity index (χ4n) is 3.33. The molecule has 0 fully saturated rings. The van der Waals surface area contributed by atoms with Crippen LogP contribution < -0.4 is 5.32 Å². The van der Waals surface area contributed by atoms with E-state index in [0.29, 0.717) is 18.9 Å².